The number of tetrazole rings is 1. The van der Waals surface area contributed by atoms with Gasteiger partial charge in [-0.15, -0.1) is 20.4 Å². The summed E-state index contributed by atoms with van der Waals surface area (Å²) >= 11 is 0. The van der Waals surface area contributed by atoms with Crippen molar-refractivity contribution in [1.82, 2.24) is 35.3 Å². The summed E-state index contributed by atoms with van der Waals surface area (Å²) in [6, 6.07) is 3.40. The van der Waals surface area contributed by atoms with Crippen LogP contribution in [-0.2, 0) is 17.5 Å². The van der Waals surface area contributed by atoms with E-state index in [1.165, 1.54) is 23.0 Å². The summed E-state index contributed by atoms with van der Waals surface area (Å²) in [4.78, 5) is 15.7. The summed E-state index contributed by atoms with van der Waals surface area (Å²) in [7, 11) is 0. The summed E-state index contributed by atoms with van der Waals surface area (Å²) in [5, 5.41) is 20.0. The molecule has 3 aromatic rings. The predicted molar refractivity (Wildman–Crippen MR) is 117 cm³/mol. The molecule has 1 amide bonds. The Hall–Kier alpha value is -3.57. The van der Waals surface area contributed by atoms with Gasteiger partial charge in [-0.2, -0.15) is 18.0 Å². The summed E-state index contributed by atoms with van der Waals surface area (Å²) < 4.78 is 45.6. The molecule has 2 aliphatic rings. The van der Waals surface area contributed by atoms with E-state index in [4.69, 9.17) is 4.42 Å². The van der Waals surface area contributed by atoms with Gasteiger partial charge in [-0.1, -0.05) is 6.07 Å². The first-order valence-electron chi connectivity index (χ1n) is 11.5. The summed E-state index contributed by atoms with van der Waals surface area (Å²) in [6.07, 6.45) is 2.06. The molecule has 0 bridgehead atoms. The average Bonchev–Trinajstić information content (AvgIpc) is 3.42. The molecule has 35 heavy (non-hydrogen) atoms. The number of likely N-dealkylation sites (tertiary alicyclic amines) is 1. The Balaban J connectivity index is 1.25. The van der Waals surface area contributed by atoms with Gasteiger partial charge in [0.2, 0.25) is 17.7 Å². The Bertz CT molecular complexity index is 1240. The van der Waals surface area contributed by atoms with Gasteiger partial charge in [0.05, 0.1) is 12.1 Å². The van der Waals surface area contributed by atoms with E-state index >= 15 is 0 Å². The van der Waals surface area contributed by atoms with Crippen LogP contribution < -0.4 is 0 Å². The number of benzene rings is 1. The minimum Gasteiger partial charge on any atom is -0.425 e. The topological polar surface area (TPSA) is 103 Å². The van der Waals surface area contributed by atoms with Crippen molar-refractivity contribution >= 4 is 12.0 Å². The molecule has 1 aromatic carbocycles. The van der Waals surface area contributed by atoms with Crippen molar-refractivity contribution in [3.05, 3.63) is 58.6 Å². The van der Waals surface area contributed by atoms with Crippen LogP contribution in [0.15, 0.2) is 28.7 Å². The number of hydrogen-bond donors (Lipinski definition) is 0. The third-order valence-corrected chi connectivity index (χ3v) is 6.28. The highest BCUT2D eigenvalue weighted by atomic mass is 19.4. The van der Waals surface area contributed by atoms with Crippen LogP contribution in [0.4, 0.5) is 13.2 Å². The maximum Gasteiger partial charge on any atom is 0.416 e. The molecule has 0 radical (unpaired) electrons. The fourth-order valence-electron chi connectivity index (χ4n) is 4.14. The highest BCUT2D eigenvalue weighted by molar-refractivity contribution is 5.92. The summed E-state index contributed by atoms with van der Waals surface area (Å²) in [5.41, 5.74) is 0.0400. The van der Waals surface area contributed by atoms with E-state index < -0.39 is 11.7 Å². The lowest BCUT2D eigenvalue weighted by Crippen LogP contribution is -2.36. The third-order valence-electron chi connectivity index (χ3n) is 6.28. The summed E-state index contributed by atoms with van der Waals surface area (Å²) in [6.45, 7) is 2.72. The molecule has 1 aliphatic heterocycles. The van der Waals surface area contributed by atoms with Gasteiger partial charge < -0.3 is 9.32 Å². The number of nitrogens with zero attached hydrogens (tertiary/aromatic N) is 7. The molecule has 0 unspecified atom stereocenters. The minimum atomic E-state index is -4.49. The standard InChI is InChI=1S/C23H24F3N7O2/c1-14-27-31-33(30-14)13-18-12-19(23(24,25)26)6-4-15(18)5-7-20(34)32-10-8-17(9-11-32)22-29-28-21(35-22)16-2-3-16/h4-7,12,16-17H,2-3,8-11,13H2,1H3. The maximum absolute atomic E-state index is 13.3. The molecule has 1 aliphatic carbocycles. The van der Waals surface area contributed by atoms with Crippen LogP contribution in [0, 0.1) is 6.92 Å². The zero-order valence-electron chi connectivity index (χ0n) is 19.1. The van der Waals surface area contributed by atoms with Gasteiger partial charge in [-0.25, -0.2) is 0 Å². The van der Waals surface area contributed by atoms with Gasteiger partial charge >= 0.3 is 6.18 Å². The predicted octanol–water partition coefficient (Wildman–Crippen LogP) is 3.73. The van der Waals surface area contributed by atoms with E-state index in [2.05, 4.69) is 25.6 Å². The van der Waals surface area contributed by atoms with Crippen LogP contribution in [0.1, 0.15) is 71.8 Å². The Labute approximate surface area is 199 Å². The molecule has 2 aromatic heterocycles. The smallest absolute Gasteiger partial charge is 0.416 e. The van der Waals surface area contributed by atoms with E-state index in [1.54, 1.807) is 11.8 Å². The lowest BCUT2D eigenvalue weighted by molar-refractivity contribution is -0.137. The molecule has 184 valence electrons. The molecule has 1 saturated heterocycles. The van der Waals surface area contributed by atoms with Crippen LogP contribution in [0.25, 0.3) is 6.08 Å². The molecule has 2 fully saturated rings. The number of aromatic nitrogens is 6. The van der Waals surface area contributed by atoms with Gasteiger partial charge in [0.15, 0.2) is 5.82 Å². The monoisotopic (exact) mass is 487 g/mol. The minimum absolute atomic E-state index is 0.00293. The van der Waals surface area contributed by atoms with Crippen molar-refractivity contribution in [2.45, 2.75) is 57.2 Å². The molecule has 0 N–H and O–H groups in total. The van der Waals surface area contributed by atoms with Crippen molar-refractivity contribution in [2.75, 3.05) is 13.1 Å². The Kier molecular flexibility index (Phi) is 6.12. The van der Waals surface area contributed by atoms with Crippen LogP contribution in [0.5, 0.6) is 0 Å². The Morgan fingerprint density at radius 2 is 1.77 bits per heavy atom. The second-order valence-corrected chi connectivity index (χ2v) is 8.96. The first-order valence-corrected chi connectivity index (χ1v) is 11.5. The normalized spacial score (nSPS) is 17.4. The van der Waals surface area contributed by atoms with E-state index in [1.807, 2.05) is 0 Å². The fraction of sp³-hybridized carbons (Fsp3) is 0.478. The number of aryl methyl sites for hydroxylation is 1. The third kappa shape index (κ3) is 5.41. The van der Waals surface area contributed by atoms with Crippen molar-refractivity contribution in [3.63, 3.8) is 0 Å². The van der Waals surface area contributed by atoms with E-state index in [9.17, 15) is 18.0 Å². The molecule has 12 heteroatoms. The first-order chi connectivity index (χ1) is 16.8. The van der Waals surface area contributed by atoms with Gasteiger partial charge in [0.1, 0.15) is 0 Å². The van der Waals surface area contributed by atoms with Gasteiger partial charge in [0.25, 0.3) is 0 Å². The number of piperidine rings is 1. The number of rotatable bonds is 6. The first kappa shape index (κ1) is 23.2. The lowest BCUT2D eigenvalue weighted by Gasteiger charge is -2.29. The van der Waals surface area contributed by atoms with Crippen molar-refractivity contribution in [3.8, 4) is 0 Å². The SMILES string of the molecule is Cc1nnn(Cc2cc(C(F)(F)F)ccc2C=CC(=O)N2CCC(c3nnc(C4CC4)o3)CC2)n1. The highest BCUT2D eigenvalue weighted by Gasteiger charge is 2.33. The molecule has 1 saturated carbocycles. The van der Waals surface area contributed by atoms with E-state index in [0.717, 1.165) is 25.0 Å². The average molecular weight is 487 g/mol. The number of hydrogen-bond acceptors (Lipinski definition) is 7. The maximum atomic E-state index is 13.3. The second-order valence-electron chi connectivity index (χ2n) is 8.96. The number of alkyl halides is 3. The van der Waals surface area contributed by atoms with Crippen molar-refractivity contribution in [2.24, 2.45) is 0 Å². The lowest BCUT2D eigenvalue weighted by atomic mass is 9.96. The van der Waals surface area contributed by atoms with Crippen LogP contribution in [-0.4, -0.2) is 54.3 Å². The molecule has 0 atom stereocenters. The van der Waals surface area contributed by atoms with Gasteiger partial charge in [-0.3, -0.25) is 4.79 Å². The fourth-order valence-corrected chi connectivity index (χ4v) is 4.14. The largest absolute Gasteiger partial charge is 0.425 e. The number of carbonyl (C=O) groups excluding carboxylic acids is 1. The van der Waals surface area contributed by atoms with Crippen LogP contribution in [0.2, 0.25) is 0 Å². The highest BCUT2D eigenvalue weighted by Crippen LogP contribution is 2.40. The number of carbonyl (C=O) groups is 1. The molecule has 5 rings (SSSR count). The van der Waals surface area contributed by atoms with Gasteiger partial charge in [0, 0.05) is 31.0 Å². The van der Waals surface area contributed by atoms with Crippen LogP contribution in [0.3, 0.4) is 0 Å². The van der Waals surface area contributed by atoms with E-state index in [0.29, 0.717) is 60.6 Å². The number of halogens is 3. The van der Waals surface area contributed by atoms with E-state index in [-0.39, 0.29) is 18.4 Å². The molecular formula is C23H24F3N7O2. The second kappa shape index (κ2) is 9.23. The zero-order chi connectivity index (χ0) is 24.6. The molecule has 0 spiro atoms. The van der Waals surface area contributed by atoms with Crippen molar-refractivity contribution in [1.29, 1.82) is 0 Å². The number of amides is 1. The molecular weight excluding hydrogens is 463 g/mol. The van der Waals surface area contributed by atoms with Crippen molar-refractivity contribution < 1.29 is 22.4 Å². The Morgan fingerprint density at radius 3 is 2.37 bits per heavy atom. The van der Waals surface area contributed by atoms with Gasteiger partial charge in [-0.05, 0) is 67.2 Å². The molecule has 9 nitrogen and oxygen atoms in total. The molecule has 3 heterocycles. The quantitative estimate of drug-likeness (QED) is 0.488. The zero-order valence-corrected chi connectivity index (χ0v) is 19.1. The Morgan fingerprint density at radius 1 is 1.09 bits per heavy atom. The summed E-state index contributed by atoms with van der Waals surface area (Å²) in [5.74, 6) is 2.10. The van der Waals surface area contributed by atoms with Crippen LogP contribution >= 0.6 is 0 Å².